The molecule has 2 heterocycles. The fourth-order valence-electron chi connectivity index (χ4n) is 5.68. The van der Waals surface area contributed by atoms with Gasteiger partial charge in [-0.05, 0) is 67.1 Å². The van der Waals surface area contributed by atoms with Crippen LogP contribution in [0.3, 0.4) is 0 Å². The number of rotatable bonds is 8. The number of halogens is 4. The normalized spacial score (nSPS) is 11.9. The number of aliphatic hydroxyl groups excluding tert-OH is 1. The number of anilines is 2. The Balaban J connectivity index is 0.000000211. The first-order valence-electron chi connectivity index (χ1n) is 16.8. The predicted molar refractivity (Wildman–Crippen MR) is 211 cm³/mol. The smallest absolute Gasteiger partial charge is 0.322 e. The third kappa shape index (κ3) is 9.26. The summed E-state index contributed by atoms with van der Waals surface area (Å²) in [5, 5.41) is 17.9. The van der Waals surface area contributed by atoms with Crippen molar-refractivity contribution < 1.29 is 28.3 Å². The fourth-order valence-corrected chi connectivity index (χ4v) is 6.04. The van der Waals surface area contributed by atoms with Gasteiger partial charge in [0.15, 0.2) is 0 Å². The monoisotopic (exact) mass is 787 g/mol. The Hall–Kier alpha value is -5.89. The van der Waals surface area contributed by atoms with Gasteiger partial charge in [-0.2, -0.15) is 0 Å². The summed E-state index contributed by atoms with van der Waals surface area (Å²) in [4.78, 5) is 48.6. The molecule has 0 bridgehead atoms. The van der Waals surface area contributed by atoms with Crippen LogP contribution in [-0.2, 0) is 6.61 Å². The summed E-state index contributed by atoms with van der Waals surface area (Å²) in [6.07, 6.45) is 1.68. The molecule has 0 saturated heterocycles. The van der Waals surface area contributed by atoms with Gasteiger partial charge in [-0.3, -0.25) is 9.78 Å². The summed E-state index contributed by atoms with van der Waals surface area (Å²) >= 11 is 11.5. The highest BCUT2D eigenvalue weighted by molar-refractivity contribution is 6.31. The molecule has 15 heteroatoms. The Morgan fingerprint density at radius 1 is 0.764 bits per heavy atom. The lowest BCUT2D eigenvalue weighted by Crippen LogP contribution is -2.34. The van der Waals surface area contributed by atoms with Gasteiger partial charge >= 0.3 is 12.1 Å². The van der Waals surface area contributed by atoms with Gasteiger partial charge in [0.1, 0.15) is 17.3 Å². The molecule has 2 aromatic heterocycles. The van der Waals surface area contributed by atoms with Gasteiger partial charge in [0.25, 0.3) is 5.91 Å². The number of hydrogen-bond donors (Lipinski definition) is 4. The maximum atomic E-state index is 13.3. The molecule has 55 heavy (non-hydrogen) atoms. The Morgan fingerprint density at radius 3 is 1.80 bits per heavy atom. The highest BCUT2D eigenvalue weighted by Gasteiger charge is 2.23. The maximum Gasteiger partial charge on any atom is 0.322 e. The molecule has 2 unspecified atom stereocenters. The van der Waals surface area contributed by atoms with Crippen LogP contribution in [-0.4, -0.2) is 56.9 Å². The van der Waals surface area contributed by atoms with Crippen molar-refractivity contribution in [1.82, 2.24) is 19.8 Å². The van der Waals surface area contributed by atoms with Crippen molar-refractivity contribution in [3.05, 3.63) is 142 Å². The molecule has 284 valence electrons. The number of urea groups is 2. The highest BCUT2D eigenvalue weighted by atomic mass is 35.5. The van der Waals surface area contributed by atoms with Gasteiger partial charge in [0.2, 0.25) is 0 Å². The number of benzene rings is 4. The summed E-state index contributed by atoms with van der Waals surface area (Å²) in [6.45, 7) is 3.51. The van der Waals surface area contributed by atoms with Gasteiger partial charge in [-0.25, -0.2) is 23.4 Å². The van der Waals surface area contributed by atoms with Gasteiger partial charge in [-0.15, -0.1) is 0 Å². The van der Waals surface area contributed by atoms with Crippen molar-refractivity contribution in [2.45, 2.75) is 32.5 Å². The molecule has 5 amide bonds. The molecule has 5 N–H and O–H groups in total. The number of fused-ring (bicyclic) bond motifs is 2. The third-order valence-electron chi connectivity index (χ3n) is 9.07. The van der Waals surface area contributed by atoms with E-state index in [0.29, 0.717) is 28.1 Å². The quantitative estimate of drug-likeness (QED) is 0.121. The fraction of sp³-hybridized carbons (Fsp3) is 0.175. The van der Waals surface area contributed by atoms with Crippen LogP contribution >= 0.6 is 23.2 Å². The number of primary amides is 1. The minimum atomic E-state index is -0.640. The van der Waals surface area contributed by atoms with Crippen LogP contribution in [0.15, 0.2) is 97.2 Å². The molecular formula is C40H37Cl2F2N7O4. The molecule has 11 nitrogen and oxygen atoms in total. The molecule has 0 radical (unpaired) electrons. The molecule has 0 aliphatic heterocycles. The van der Waals surface area contributed by atoms with Crippen LogP contribution < -0.4 is 16.4 Å². The molecule has 0 fully saturated rings. The number of amides is 5. The molecule has 0 spiro atoms. The zero-order chi connectivity index (χ0) is 40.0. The number of aliphatic hydroxyl groups is 1. The average molecular weight is 789 g/mol. The van der Waals surface area contributed by atoms with E-state index in [9.17, 15) is 28.3 Å². The number of carbonyl (C=O) groups is 3. The summed E-state index contributed by atoms with van der Waals surface area (Å²) in [7, 11) is 3.26. The van der Waals surface area contributed by atoms with Crippen LogP contribution in [0.2, 0.25) is 10.0 Å². The first-order chi connectivity index (χ1) is 26.2. The topological polar surface area (TPSA) is 154 Å². The lowest BCUT2D eigenvalue weighted by molar-refractivity contribution is 0.0997. The second kappa shape index (κ2) is 17.5. The van der Waals surface area contributed by atoms with E-state index in [1.165, 1.54) is 46.2 Å². The van der Waals surface area contributed by atoms with Gasteiger partial charge in [0.05, 0.1) is 40.1 Å². The van der Waals surface area contributed by atoms with Gasteiger partial charge in [0, 0.05) is 48.0 Å². The number of nitrogens with zero attached hydrogens (tertiary/aromatic N) is 4. The van der Waals surface area contributed by atoms with Crippen molar-refractivity contribution in [1.29, 1.82) is 0 Å². The second-order valence-electron chi connectivity index (χ2n) is 12.5. The van der Waals surface area contributed by atoms with Crippen molar-refractivity contribution in [3.63, 3.8) is 0 Å². The average Bonchev–Trinajstić information content (AvgIpc) is 3.18. The van der Waals surface area contributed by atoms with E-state index < -0.39 is 29.6 Å². The van der Waals surface area contributed by atoms with E-state index in [4.69, 9.17) is 28.9 Å². The van der Waals surface area contributed by atoms with Crippen molar-refractivity contribution in [2.75, 3.05) is 24.7 Å². The number of hydrogen-bond acceptors (Lipinski definition) is 6. The zero-order valence-corrected chi connectivity index (χ0v) is 31.7. The van der Waals surface area contributed by atoms with E-state index in [1.54, 1.807) is 39.3 Å². The number of aromatic nitrogens is 2. The Kier molecular flexibility index (Phi) is 12.8. The molecule has 6 rings (SSSR count). The summed E-state index contributed by atoms with van der Waals surface area (Å²) < 4.78 is 26.5. The van der Waals surface area contributed by atoms with Gasteiger partial charge < -0.3 is 31.3 Å². The Bertz CT molecular complexity index is 2400. The number of carbonyl (C=O) groups excluding carboxylic acids is 3. The predicted octanol–water partition coefficient (Wildman–Crippen LogP) is 9.10. The van der Waals surface area contributed by atoms with Gasteiger partial charge in [-0.1, -0.05) is 71.7 Å². The van der Waals surface area contributed by atoms with E-state index in [-0.39, 0.29) is 34.4 Å². The molecule has 2 atom stereocenters. The van der Waals surface area contributed by atoms with Crippen LogP contribution in [0, 0.1) is 11.6 Å². The van der Waals surface area contributed by atoms with Crippen LogP contribution in [0.4, 0.5) is 29.7 Å². The SMILES string of the molecule is CC(c1cc2ccccc2c(C(N)=O)n1)N(C)C(=O)Nc1ccc(F)c(Cl)c1.CC(c1cnc(CO)c2ccccc12)N(C)C(=O)Nc1ccc(F)c(Cl)c1. The molecule has 0 aliphatic rings. The van der Waals surface area contributed by atoms with Crippen LogP contribution in [0.25, 0.3) is 21.5 Å². The molecule has 4 aromatic carbocycles. The van der Waals surface area contributed by atoms with E-state index in [0.717, 1.165) is 21.7 Å². The summed E-state index contributed by atoms with van der Waals surface area (Å²) in [5.41, 5.74) is 8.36. The van der Waals surface area contributed by atoms with Crippen molar-refractivity contribution in [3.8, 4) is 0 Å². The minimum Gasteiger partial charge on any atom is -0.390 e. The van der Waals surface area contributed by atoms with Crippen LogP contribution in [0.5, 0.6) is 0 Å². The standard InChI is InChI=1S/C20H18ClFN4O2.C20H19ClFN3O2/c1-11(26(2)20(28)24-13-7-8-16(22)15(21)10-13)17-9-12-5-3-4-6-14(12)18(25-17)19(23)27;1-12(16-10-23-19(11-26)15-6-4-3-5-14(15)16)25(2)20(27)24-13-7-8-18(22)17(21)9-13/h3-11H,1-2H3,(H2,23,27)(H,24,28);3-10,12,26H,11H2,1-2H3,(H,24,27). The maximum absolute atomic E-state index is 13.3. The lowest BCUT2D eigenvalue weighted by Gasteiger charge is -2.26. The number of nitrogens with one attached hydrogen (secondary N) is 2. The number of nitrogens with two attached hydrogens (primary N) is 1. The molecule has 6 aromatic rings. The van der Waals surface area contributed by atoms with Crippen molar-refractivity contribution >= 4 is 74.1 Å². The Labute approximate surface area is 325 Å². The van der Waals surface area contributed by atoms with Crippen molar-refractivity contribution in [2.24, 2.45) is 5.73 Å². The van der Waals surface area contributed by atoms with E-state index >= 15 is 0 Å². The molecule has 0 saturated carbocycles. The molecular weight excluding hydrogens is 751 g/mol. The van der Waals surface area contributed by atoms with E-state index in [2.05, 4.69) is 20.6 Å². The first-order valence-corrected chi connectivity index (χ1v) is 17.6. The largest absolute Gasteiger partial charge is 0.390 e. The third-order valence-corrected chi connectivity index (χ3v) is 9.65. The highest BCUT2D eigenvalue weighted by Crippen LogP contribution is 2.30. The summed E-state index contributed by atoms with van der Waals surface area (Å²) in [6, 6.07) is 23.1. The summed E-state index contributed by atoms with van der Waals surface area (Å²) in [5.74, 6) is -1.75. The lowest BCUT2D eigenvalue weighted by atomic mass is 10.00. The molecule has 0 aliphatic carbocycles. The number of pyridine rings is 2. The van der Waals surface area contributed by atoms with Crippen LogP contribution in [0.1, 0.15) is 53.4 Å². The first kappa shape index (κ1) is 40.3. The minimum absolute atomic E-state index is 0.0571. The zero-order valence-electron chi connectivity index (χ0n) is 30.1. The van der Waals surface area contributed by atoms with E-state index in [1.807, 2.05) is 49.4 Å². The Morgan fingerprint density at radius 2 is 1.27 bits per heavy atom. The second-order valence-corrected chi connectivity index (χ2v) is 13.4.